The molecule has 1 amide bonds. The first-order valence-corrected chi connectivity index (χ1v) is 9.37. The molecule has 0 fully saturated rings. The fourth-order valence-electron chi connectivity index (χ4n) is 2.57. The van der Waals surface area contributed by atoms with Gasteiger partial charge in [-0.25, -0.2) is 9.59 Å². The van der Waals surface area contributed by atoms with Crippen LogP contribution in [0.2, 0.25) is 0 Å². The van der Waals surface area contributed by atoms with E-state index in [-0.39, 0.29) is 12.5 Å². The van der Waals surface area contributed by atoms with Gasteiger partial charge in [-0.3, -0.25) is 5.32 Å². The van der Waals surface area contributed by atoms with Crippen LogP contribution in [0.15, 0.2) is 53.1 Å². The Balaban J connectivity index is 1.55. The van der Waals surface area contributed by atoms with Crippen LogP contribution in [-0.4, -0.2) is 27.8 Å². The van der Waals surface area contributed by atoms with E-state index in [1.807, 2.05) is 31.2 Å². The smallest absolute Gasteiger partial charge is 0.412 e. The van der Waals surface area contributed by atoms with Crippen molar-refractivity contribution in [2.45, 2.75) is 39.9 Å². The lowest BCUT2D eigenvalue weighted by Crippen LogP contribution is -2.27. The average molecular weight is 409 g/mol. The summed E-state index contributed by atoms with van der Waals surface area (Å²) in [6.45, 7) is 7.14. The number of ether oxygens (including phenoxy) is 2. The summed E-state index contributed by atoms with van der Waals surface area (Å²) in [7, 11) is 0. The molecule has 3 aromatic rings. The zero-order valence-electron chi connectivity index (χ0n) is 17.3. The molecule has 1 heterocycles. The maximum Gasteiger partial charge on any atom is 0.412 e. The van der Waals surface area contributed by atoms with Gasteiger partial charge >= 0.3 is 12.1 Å². The van der Waals surface area contributed by atoms with Gasteiger partial charge in [-0.15, -0.1) is 0 Å². The van der Waals surface area contributed by atoms with E-state index in [2.05, 4.69) is 15.5 Å². The second-order valence-corrected chi connectivity index (χ2v) is 7.61. The minimum absolute atomic E-state index is 0.143. The highest BCUT2D eigenvalue weighted by atomic mass is 16.6. The standard InChI is InChI=1S/C22H23N3O5/c1-14-7-5-6-8-17(14)19-24-18(30-25-19)13-28-20(26)15-9-11-16(12-10-15)23-21(27)29-22(2,3)4/h5-12H,13H2,1-4H3,(H,23,27). The van der Waals surface area contributed by atoms with Crippen LogP contribution in [0.1, 0.15) is 42.6 Å². The van der Waals surface area contributed by atoms with Crippen molar-refractivity contribution in [3.05, 3.63) is 65.5 Å². The number of carbonyl (C=O) groups is 2. The van der Waals surface area contributed by atoms with Crippen molar-refractivity contribution >= 4 is 17.7 Å². The molecule has 0 bridgehead atoms. The molecule has 0 aliphatic carbocycles. The molecular weight excluding hydrogens is 386 g/mol. The number of nitrogens with one attached hydrogen (secondary N) is 1. The number of aryl methyl sites for hydroxylation is 1. The van der Waals surface area contributed by atoms with E-state index in [0.717, 1.165) is 11.1 Å². The number of esters is 1. The lowest BCUT2D eigenvalue weighted by Gasteiger charge is -2.19. The number of nitrogens with zero attached hydrogens (tertiary/aromatic N) is 2. The Morgan fingerprint density at radius 1 is 1.07 bits per heavy atom. The van der Waals surface area contributed by atoms with E-state index in [1.54, 1.807) is 45.0 Å². The van der Waals surface area contributed by atoms with Crippen LogP contribution >= 0.6 is 0 Å². The largest absolute Gasteiger partial charge is 0.452 e. The fourth-order valence-corrected chi connectivity index (χ4v) is 2.57. The number of benzene rings is 2. The quantitative estimate of drug-likeness (QED) is 0.607. The van der Waals surface area contributed by atoms with Crippen LogP contribution in [0, 0.1) is 6.92 Å². The van der Waals surface area contributed by atoms with Crippen LogP contribution in [0.3, 0.4) is 0 Å². The van der Waals surface area contributed by atoms with E-state index >= 15 is 0 Å². The summed E-state index contributed by atoms with van der Waals surface area (Å²) in [6, 6.07) is 13.9. The summed E-state index contributed by atoms with van der Waals surface area (Å²) in [5.41, 5.74) is 2.10. The van der Waals surface area contributed by atoms with Gasteiger partial charge in [0, 0.05) is 11.3 Å². The van der Waals surface area contributed by atoms with Gasteiger partial charge in [0.1, 0.15) is 5.60 Å². The number of amides is 1. The molecule has 0 aliphatic heterocycles. The number of rotatable bonds is 5. The molecule has 8 heteroatoms. The van der Waals surface area contributed by atoms with Gasteiger partial charge in [0.15, 0.2) is 6.61 Å². The van der Waals surface area contributed by atoms with E-state index in [1.165, 1.54) is 0 Å². The monoisotopic (exact) mass is 409 g/mol. The predicted octanol–water partition coefficient (Wildman–Crippen LogP) is 4.75. The van der Waals surface area contributed by atoms with Crippen molar-refractivity contribution in [2.75, 3.05) is 5.32 Å². The third-order valence-electron chi connectivity index (χ3n) is 3.95. The SMILES string of the molecule is Cc1ccccc1-c1noc(COC(=O)c2ccc(NC(=O)OC(C)(C)C)cc2)n1. The van der Waals surface area contributed by atoms with Crippen molar-refractivity contribution in [3.63, 3.8) is 0 Å². The van der Waals surface area contributed by atoms with Gasteiger partial charge in [0.25, 0.3) is 5.89 Å². The zero-order chi connectivity index (χ0) is 21.7. The summed E-state index contributed by atoms with van der Waals surface area (Å²) < 4.78 is 15.6. The Labute approximate surface area is 174 Å². The van der Waals surface area contributed by atoms with Gasteiger partial charge in [-0.2, -0.15) is 4.98 Å². The Kier molecular flexibility index (Phi) is 6.15. The number of hydrogen-bond acceptors (Lipinski definition) is 7. The van der Waals surface area contributed by atoms with E-state index in [9.17, 15) is 9.59 Å². The van der Waals surface area contributed by atoms with E-state index in [0.29, 0.717) is 17.1 Å². The zero-order valence-corrected chi connectivity index (χ0v) is 17.3. The minimum Gasteiger partial charge on any atom is -0.452 e. The van der Waals surface area contributed by atoms with E-state index < -0.39 is 17.7 Å². The number of carbonyl (C=O) groups excluding carboxylic acids is 2. The van der Waals surface area contributed by atoms with Crippen LogP contribution in [0.25, 0.3) is 11.4 Å². The predicted molar refractivity (Wildman–Crippen MR) is 110 cm³/mol. The topological polar surface area (TPSA) is 104 Å². The molecular formula is C22H23N3O5. The second-order valence-electron chi connectivity index (χ2n) is 7.61. The van der Waals surface area contributed by atoms with Crippen LogP contribution in [0.4, 0.5) is 10.5 Å². The lowest BCUT2D eigenvalue weighted by atomic mass is 10.1. The number of aromatic nitrogens is 2. The Bertz CT molecular complexity index is 1040. The molecule has 3 rings (SSSR count). The highest BCUT2D eigenvalue weighted by Gasteiger charge is 2.17. The summed E-state index contributed by atoms with van der Waals surface area (Å²) in [5.74, 6) is 0.0935. The Morgan fingerprint density at radius 3 is 2.43 bits per heavy atom. The van der Waals surface area contributed by atoms with Gasteiger partial charge in [-0.1, -0.05) is 29.4 Å². The molecule has 0 aliphatic rings. The highest BCUT2D eigenvalue weighted by molar-refractivity contribution is 5.91. The van der Waals surface area contributed by atoms with Crippen molar-refractivity contribution in [3.8, 4) is 11.4 Å². The summed E-state index contributed by atoms with van der Waals surface area (Å²) >= 11 is 0. The first-order valence-electron chi connectivity index (χ1n) is 9.37. The first kappa shape index (κ1) is 21.0. The van der Waals surface area contributed by atoms with Gasteiger partial charge in [-0.05, 0) is 57.5 Å². The van der Waals surface area contributed by atoms with Gasteiger partial charge in [0.2, 0.25) is 5.82 Å². The van der Waals surface area contributed by atoms with Crippen LogP contribution in [0.5, 0.6) is 0 Å². The van der Waals surface area contributed by atoms with Crippen molar-refractivity contribution in [1.29, 1.82) is 0 Å². The first-order chi connectivity index (χ1) is 14.2. The summed E-state index contributed by atoms with van der Waals surface area (Å²) in [4.78, 5) is 28.3. The Morgan fingerprint density at radius 2 is 1.77 bits per heavy atom. The summed E-state index contributed by atoms with van der Waals surface area (Å²) in [5, 5.41) is 6.53. The molecule has 0 spiro atoms. The molecule has 1 N–H and O–H groups in total. The van der Waals surface area contributed by atoms with E-state index in [4.69, 9.17) is 14.0 Å². The maximum absolute atomic E-state index is 12.2. The molecule has 1 aromatic heterocycles. The molecule has 2 aromatic carbocycles. The molecule has 8 nitrogen and oxygen atoms in total. The van der Waals surface area contributed by atoms with Crippen LogP contribution < -0.4 is 5.32 Å². The van der Waals surface area contributed by atoms with Crippen molar-refractivity contribution in [2.24, 2.45) is 0 Å². The lowest BCUT2D eigenvalue weighted by molar-refractivity contribution is 0.0429. The fraction of sp³-hybridized carbons (Fsp3) is 0.273. The second kappa shape index (κ2) is 8.77. The summed E-state index contributed by atoms with van der Waals surface area (Å²) in [6.07, 6.45) is -0.571. The highest BCUT2D eigenvalue weighted by Crippen LogP contribution is 2.20. The average Bonchev–Trinajstić information content (AvgIpc) is 3.14. The molecule has 0 saturated carbocycles. The molecule has 30 heavy (non-hydrogen) atoms. The Hall–Kier alpha value is -3.68. The number of anilines is 1. The third kappa shape index (κ3) is 5.66. The molecule has 0 atom stereocenters. The van der Waals surface area contributed by atoms with Crippen molar-refractivity contribution < 1.29 is 23.6 Å². The van der Waals surface area contributed by atoms with Gasteiger partial charge in [0.05, 0.1) is 5.56 Å². The molecule has 0 saturated heterocycles. The minimum atomic E-state index is -0.596. The third-order valence-corrected chi connectivity index (χ3v) is 3.95. The molecule has 0 unspecified atom stereocenters. The normalized spacial score (nSPS) is 11.1. The van der Waals surface area contributed by atoms with Gasteiger partial charge < -0.3 is 14.0 Å². The number of hydrogen-bond donors (Lipinski definition) is 1. The molecule has 0 radical (unpaired) electrons. The van der Waals surface area contributed by atoms with Crippen molar-refractivity contribution in [1.82, 2.24) is 10.1 Å². The van der Waals surface area contributed by atoms with Crippen LogP contribution in [-0.2, 0) is 16.1 Å². The maximum atomic E-state index is 12.2. The molecule has 156 valence electrons.